The molecule has 0 aromatic heterocycles. The van der Waals surface area contributed by atoms with E-state index in [1.807, 2.05) is 11.0 Å². The van der Waals surface area contributed by atoms with Crippen LogP contribution in [0.5, 0.6) is 0 Å². The van der Waals surface area contributed by atoms with Crippen LogP contribution in [0.25, 0.3) is 0 Å². The Morgan fingerprint density at radius 1 is 1.10 bits per heavy atom. The summed E-state index contributed by atoms with van der Waals surface area (Å²) in [6, 6.07) is 10.1. The highest BCUT2D eigenvalue weighted by molar-refractivity contribution is 5.81. The van der Waals surface area contributed by atoms with Crippen LogP contribution in [0, 0.1) is 12.8 Å². The van der Waals surface area contributed by atoms with Gasteiger partial charge in [-0.1, -0.05) is 38.1 Å². The van der Waals surface area contributed by atoms with Gasteiger partial charge in [-0.05, 0) is 61.6 Å². The molecule has 41 heavy (non-hydrogen) atoms. The van der Waals surface area contributed by atoms with Crippen LogP contribution in [0.2, 0.25) is 0 Å². The molecule has 4 unspecified atom stereocenters. The van der Waals surface area contributed by atoms with E-state index < -0.39 is 29.3 Å². The number of alkyl halides is 5. The molecule has 3 rings (SSSR count). The Balaban J connectivity index is 0.000000287. The fraction of sp³-hybridized carbons (Fsp3) is 0.548. The fourth-order valence-electron chi connectivity index (χ4n) is 5.17. The van der Waals surface area contributed by atoms with Crippen molar-refractivity contribution in [2.24, 2.45) is 5.92 Å². The molecule has 1 N–H and O–H groups in total. The van der Waals surface area contributed by atoms with Gasteiger partial charge >= 0.3 is 6.18 Å². The van der Waals surface area contributed by atoms with E-state index >= 15 is 0 Å². The maximum Gasteiger partial charge on any atom is 0.416 e. The molecule has 0 aliphatic carbocycles. The van der Waals surface area contributed by atoms with Gasteiger partial charge in [0.05, 0.1) is 24.1 Å². The van der Waals surface area contributed by atoms with Crippen LogP contribution < -0.4 is 0 Å². The van der Waals surface area contributed by atoms with Gasteiger partial charge in [-0.15, -0.1) is 0 Å². The fourth-order valence-corrected chi connectivity index (χ4v) is 5.17. The predicted molar refractivity (Wildman–Crippen MR) is 148 cm³/mol. The van der Waals surface area contributed by atoms with Gasteiger partial charge in [-0.2, -0.15) is 13.2 Å². The van der Waals surface area contributed by atoms with Crippen molar-refractivity contribution in [3.8, 4) is 0 Å². The number of aryl methyl sites for hydroxylation is 1. The van der Waals surface area contributed by atoms with Crippen molar-refractivity contribution < 1.29 is 36.6 Å². The molecule has 1 aliphatic rings. The number of carbonyl (C=O) groups excluding carboxylic acids is 2. The van der Waals surface area contributed by atoms with Gasteiger partial charge in [0.1, 0.15) is 0 Å². The second-order valence-corrected chi connectivity index (χ2v) is 10.9. The highest BCUT2D eigenvalue weighted by Crippen LogP contribution is 2.38. The van der Waals surface area contributed by atoms with Crippen LogP contribution in [0.4, 0.5) is 22.0 Å². The van der Waals surface area contributed by atoms with Crippen molar-refractivity contribution in [3.05, 3.63) is 70.3 Å². The highest BCUT2D eigenvalue weighted by Gasteiger charge is 2.41. The lowest BCUT2D eigenvalue weighted by atomic mass is 9.87. The Morgan fingerprint density at radius 3 is 2.17 bits per heavy atom. The first-order valence-electron chi connectivity index (χ1n) is 13.7. The van der Waals surface area contributed by atoms with Gasteiger partial charge < -0.3 is 14.9 Å². The minimum atomic E-state index is -4.73. The molecule has 1 fully saturated rings. The zero-order valence-electron chi connectivity index (χ0n) is 24.7. The molecule has 1 saturated heterocycles. The number of aliphatic hydroxyl groups excluding tert-OH is 1. The van der Waals surface area contributed by atoms with Crippen LogP contribution in [0.1, 0.15) is 87.2 Å². The predicted octanol–water partition coefficient (Wildman–Crippen LogP) is 7.07. The Hall–Kier alpha value is -3.01. The largest absolute Gasteiger partial charge is 0.416 e. The lowest BCUT2D eigenvalue weighted by Crippen LogP contribution is -2.37. The van der Waals surface area contributed by atoms with Gasteiger partial charge in [-0.25, -0.2) is 8.78 Å². The van der Waals surface area contributed by atoms with Gasteiger partial charge in [0.2, 0.25) is 11.8 Å². The number of amides is 2. The summed E-state index contributed by atoms with van der Waals surface area (Å²) in [4.78, 5) is 26.8. The van der Waals surface area contributed by atoms with E-state index in [0.717, 1.165) is 31.5 Å². The molecule has 2 aromatic rings. The van der Waals surface area contributed by atoms with Crippen molar-refractivity contribution in [3.63, 3.8) is 0 Å². The lowest BCUT2D eigenvalue weighted by molar-refractivity contribution is -0.138. The Kier molecular flexibility index (Phi) is 11.5. The second-order valence-electron chi connectivity index (χ2n) is 10.9. The molecule has 2 aromatic carbocycles. The third-order valence-electron chi connectivity index (χ3n) is 7.85. The molecule has 10 heteroatoms. The minimum Gasteiger partial charge on any atom is -0.396 e. The van der Waals surface area contributed by atoms with Gasteiger partial charge in [-0.3, -0.25) is 9.59 Å². The smallest absolute Gasteiger partial charge is 0.396 e. The summed E-state index contributed by atoms with van der Waals surface area (Å²) in [7, 11) is 1.40. The maximum absolute atomic E-state index is 13.4. The number of likely N-dealkylation sites (tertiary alicyclic amines) is 1. The Labute approximate surface area is 239 Å². The third kappa shape index (κ3) is 8.50. The molecule has 0 radical (unpaired) electrons. The molecule has 4 atom stereocenters. The van der Waals surface area contributed by atoms with Crippen molar-refractivity contribution in [1.29, 1.82) is 0 Å². The monoisotopic (exact) mass is 584 g/mol. The molecule has 1 aliphatic heterocycles. The summed E-state index contributed by atoms with van der Waals surface area (Å²) in [6.07, 6.45) is -3.00. The third-order valence-corrected chi connectivity index (χ3v) is 7.85. The maximum atomic E-state index is 13.4. The highest BCUT2D eigenvalue weighted by atomic mass is 19.4. The van der Waals surface area contributed by atoms with Crippen LogP contribution >= 0.6 is 0 Å². The average molecular weight is 585 g/mol. The number of hydrogen-bond acceptors (Lipinski definition) is 3. The molecule has 5 nitrogen and oxygen atoms in total. The molecule has 0 saturated carbocycles. The number of benzene rings is 2. The molecule has 228 valence electrons. The summed E-state index contributed by atoms with van der Waals surface area (Å²) in [5.41, 5.74) is 0.719. The molecule has 0 bridgehead atoms. The Bertz CT molecular complexity index is 1160. The summed E-state index contributed by atoms with van der Waals surface area (Å²) in [5.74, 6) is -3.55. The topological polar surface area (TPSA) is 60.9 Å². The summed E-state index contributed by atoms with van der Waals surface area (Å²) in [5, 5.41) is 9.40. The van der Waals surface area contributed by atoms with Crippen LogP contribution in [0.3, 0.4) is 0 Å². The SMILES string of the molecule is CC(=O)N(C)C(C)c1cc(C(C)(F)F)cc(C(F)(F)F)c1.CCCN1C(=O)C(CO)CC1C(C)c1ccccc1C. The van der Waals surface area contributed by atoms with Crippen molar-refractivity contribution in [1.82, 2.24) is 9.80 Å². The number of carbonyl (C=O) groups is 2. The van der Waals surface area contributed by atoms with E-state index in [0.29, 0.717) is 18.9 Å². The zero-order valence-corrected chi connectivity index (χ0v) is 24.7. The normalized spacial score (nSPS) is 19.0. The first-order valence-corrected chi connectivity index (χ1v) is 13.7. The molecule has 1 heterocycles. The quantitative estimate of drug-likeness (QED) is 0.338. The number of aliphatic hydroxyl groups is 1. The minimum absolute atomic E-state index is 0.0130. The van der Waals surface area contributed by atoms with Crippen molar-refractivity contribution in [2.75, 3.05) is 20.2 Å². The first kappa shape index (κ1) is 34.2. The second kappa shape index (κ2) is 13.8. The number of rotatable bonds is 8. The van der Waals surface area contributed by atoms with E-state index in [1.54, 1.807) is 0 Å². The molecule has 2 amide bonds. The van der Waals surface area contributed by atoms with E-state index in [-0.39, 0.29) is 35.9 Å². The summed E-state index contributed by atoms with van der Waals surface area (Å²) in [6.45, 7) is 10.4. The average Bonchev–Trinajstić information content (AvgIpc) is 3.22. The van der Waals surface area contributed by atoms with Gasteiger partial charge in [0.25, 0.3) is 5.92 Å². The van der Waals surface area contributed by atoms with E-state index in [4.69, 9.17) is 0 Å². The van der Waals surface area contributed by atoms with E-state index in [9.17, 15) is 36.6 Å². The first-order chi connectivity index (χ1) is 18.9. The van der Waals surface area contributed by atoms with Crippen LogP contribution in [0.15, 0.2) is 42.5 Å². The number of halogens is 5. The number of nitrogens with zero attached hydrogens (tertiary/aromatic N) is 2. The zero-order chi connectivity index (χ0) is 31.3. The van der Waals surface area contributed by atoms with Crippen LogP contribution in [-0.4, -0.2) is 53.0 Å². The molecular formula is C31H41F5N2O3. The van der Waals surface area contributed by atoms with Gasteiger partial charge in [0.15, 0.2) is 0 Å². The summed E-state index contributed by atoms with van der Waals surface area (Å²) < 4.78 is 65.3. The van der Waals surface area contributed by atoms with E-state index in [1.165, 1.54) is 36.9 Å². The molecular weight excluding hydrogens is 543 g/mol. The molecule has 0 spiro atoms. The van der Waals surface area contributed by atoms with Crippen molar-refractivity contribution in [2.45, 2.75) is 84.5 Å². The lowest BCUT2D eigenvalue weighted by Gasteiger charge is -2.30. The van der Waals surface area contributed by atoms with Crippen molar-refractivity contribution >= 4 is 11.8 Å². The van der Waals surface area contributed by atoms with Crippen LogP contribution in [-0.2, 0) is 21.7 Å². The van der Waals surface area contributed by atoms with Gasteiger partial charge in [0, 0.05) is 45.0 Å². The standard InChI is InChI=1S/C17H25NO2.C14H16F5NO/c1-4-9-18-16(10-14(11-19)17(18)20)13(3)15-8-6-5-7-12(15)2;1-8(20(4)9(2)21)10-5-11(13(3,15)16)7-12(6-10)14(17,18)19/h5-8,13-14,16,19H,4,9-11H2,1-3H3;5-8H,1-4H3. The van der Waals surface area contributed by atoms with E-state index in [2.05, 4.69) is 39.0 Å². The number of hydrogen-bond donors (Lipinski definition) is 1. The Morgan fingerprint density at radius 2 is 1.68 bits per heavy atom. The summed E-state index contributed by atoms with van der Waals surface area (Å²) >= 11 is 0.